The lowest BCUT2D eigenvalue weighted by molar-refractivity contribution is -0.394. The van der Waals surface area contributed by atoms with E-state index < -0.39 is 51.0 Å². The number of halogens is 4. The molecule has 1 amide bonds. The molecule has 1 aromatic carbocycles. The Bertz CT molecular complexity index is 1100. The molecular formula is C20H19F4N5O3. The molecule has 4 bridgehead atoms. The number of anilines is 1. The summed E-state index contributed by atoms with van der Waals surface area (Å²) in [5, 5.41) is 17.5. The number of carbonyl (C=O) groups is 1. The molecule has 6 rings (SSSR count). The van der Waals surface area contributed by atoms with E-state index in [0.29, 0.717) is 50.3 Å². The van der Waals surface area contributed by atoms with Crippen LogP contribution in [0.5, 0.6) is 0 Å². The SMILES string of the molecule is O=C(Nc1cc(C(F)(F)F)ccc1F)C12C[C@@H]3C[C@@H](C1)CC(n1cnc([N+](=O)[O-])n1)(C3)C2. The fourth-order valence-electron chi connectivity index (χ4n) is 6.37. The first-order valence-corrected chi connectivity index (χ1v) is 10.2. The molecule has 2 aromatic rings. The maximum Gasteiger partial charge on any atom is 0.490 e. The molecule has 4 saturated carbocycles. The Morgan fingerprint density at radius 1 is 1.22 bits per heavy atom. The van der Waals surface area contributed by atoms with Gasteiger partial charge in [-0.25, -0.2) is 4.39 Å². The molecule has 0 radical (unpaired) electrons. The smallest absolute Gasteiger partial charge is 0.390 e. The van der Waals surface area contributed by atoms with E-state index in [-0.39, 0.29) is 11.8 Å². The third kappa shape index (κ3) is 3.23. The van der Waals surface area contributed by atoms with Crippen LogP contribution in [-0.2, 0) is 16.5 Å². The summed E-state index contributed by atoms with van der Waals surface area (Å²) < 4.78 is 54.9. The van der Waals surface area contributed by atoms with Crippen molar-refractivity contribution in [3.05, 3.63) is 46.0 Å². The normalized spacial score (nSPS) is 31.0. The molecule has 1 aromatic heterocycles. The molecule has 0 saturated heterocycles. The van der Waals surface area contributed by atoms with Crippen molar-refractivity contribution in [2.24, 2.45) is 17.3 Å². The van der Waals surface area contributed by atoms with Crippen LogP contribution < -0.4 is 5.32 Å². The van der Waals surface area contributed by atoms with Gasteiger partial charge in [-0.05, 0) is 73.5 Å². The first kappa shape index (κ1) is 20.8. The highest BCUT2D eigenvalue weighted by Gasteiger charge is 2.62. The highest BCUT2D eigenvalue weighted by atomic mass is 19.4. The summed E-state index contributed by atoms with van der Waals surface area (Å²) in [4.78, 5) is 27.5. The van der Waals surface area contributed by atoms with Crippen LogP contribution in [0.3, 0.4) is 0 Å². The number of hydrogen-bond acceptors (Lipinski definition) is 5. The van der Waals surface area contributed by atoms with Crippen LogP contribution in [0.1, 0.15) is 44.1 Å². The number of nitro groups is 1. The lowest BCUT2D eigenvalue weighted by atomic mass is 9.46. The standard InChI is InChI=1S/C20H19F4N5O3/c21-14-2-1-13(20(22,23)24)4-15(14)26-16(30)18-5-11-3-12(6-18)8-19(7-11,9-18)28-10-25-17(27-28)29(31)32/h1-2,4,10-12H,3,5-9H2,(H,26,30)/t11-,12-,18?,19?/m0/s1. The van der Waals surface area contributed by atoms with E-state index in [1.807, 2.05) is 0 Å². The highest BCUT2D eigenvalue weighted by Crippen LogP contribution is 2.64. The molecular weight excluding hydrogens is 434 g/mol. The Morgan fingerprint density at radius 2 is 1.91 bits per heavy atom. The highest BCUT2D eigenvalue weighted by molar-refractivity contribution is 5.96. The third-order valence-electron chi connectivity index (χ3n) is 7.18. The number of nitrogens with one attached hydrogen (secondary N) is 1. The number of amides is 1. The average molecular weight is 453 g/mol. The van der Waals surface area contributed by atoms with Gasteiger partial charge in [-0.3, -0.25) is 4.79 Å². The van der Waals surface area contributed by atoms with Crippen molar-refractivity contribution in [1.29, 1.82) is 0 Å². The van der Waals surface area contributed by atoms with Gasteiger partial charge in [0.2, 0.25) is 12.2 Å². The van der Waals surface area contributed by atoms with Crippen molar-refractivity contribution < 1.29 is 27.3 Å². The van der Waals surface area contributed by atoms with Crippen LogP contribution in [0.4, 0.5) is 29.2 Å². The van der Waals surface area contributed by atoms with E-state index >= 15 is 0 Å². The summed E-state index contributed by atoms with van der Waals surface area (Å²) in [6.45, 7) is 0. The van der Waals surface area contributed by atoms with E-state index in [1.165, 1.54) is 11.0 Å². The minimum Gasteiger partial charge on any atom is -0.390 e. The van der Waals surface area contributed by atoms with Gasteiger partial charge in [0.1, 0.15) is 5.82 Å². The Labute approximate surface area is 179 Å². The van der Waals surface area contributed by atoms with Gasteiger partial charge in [0.25, 0.3) is 0 Å². The topological polar surface area (TPSA) is 103 Å². The molecule has 4 fully saturated rings. The van der Waals surface area contributed by atoms with Crippen molar-refractivity contribution in [1.82, 2.24) is 14.8 Å². The minimum atomic E-state index is -4.67. The van der Waals surface area contributed by atoms with E-state index in [4.69, 9.17) is 0 Å². The first-order chi connectivity index (χ1) is 15.0. The Morgan fingerprint density at radius 3 is 2.50 bits per heavy atom. The summed E-state index contributed by atoms with van der Waals surface area (Å²) in [5.74, 6) is -1.67. The van der Waals surface area contributed by atoms with Crippen molar-refractivity contribution >= 4 is 17.5 Å². The monoisotopic (exact) mass is 453 g/mol. The molecule has 0 spiro atoms. The largest absolute Gasteiger partial charge is 0.490 e. The number of aromatic nitrogens is 3. The van der Waals surface area contributed by atoms with Crippen LogP contribution in [0.25, 0.3) is 0 Å². The van der Waals surface area contributed by atoms with E-state index in [0.717, 1.165) is 6.42 Å². The second kappa shape index (κ2) is 6.72. The first-order valence-electron chi connectivity index (χ1n) is 10.2. The molecule has 32 heavy (non-hydrogen) atoms. The number of hydrogen-bond donors (Lipinski definition) is 1. The molecule has 2 atom stereocenters. The molecule has 8 nitrogen and oxygen atoms in total. The lowest BCUT2D eigenvalue weighted by Crippen LogP contribution is -2.60. The fraction of sp³-hybridized carbons (Fsp3) is 0.550. The maximum atomic E-state index is 14.2. The number of benzene rings is 1. The summed E-state index contributed by atoms with van der Waals surface area (Å²) in [6.07, 6.45) is 0.325. The van der Waals surface area contributed by atoms with Crippen LogP contribution in [-0.4, -0.2) is 25.6 Å². The van der Waals surface area contributed by atoms with Gasteiger partial charge in [-0.1, -0.05) is 4.98 Å². The van der Waals surface area contributed by atoms with E-state index in [2.05, 4.69) is 15.4 Å². The fourth-order valence-corrected chi connectivity index (χ4v) is 6.37. The van der Waals surface area contributed by atoms with Crippen molar-refractivity contribution in [3.63, 3.8) is 0 Å². The maximum absolute atomic E-state index is 14.2. The number of rotatable bonds is 4. The van der Waals surface area contributed by atoms with Gasteiger partial charge in [-0.15, -0.1) is 0 Å². The van der Waals surface area contributed by atoms with Crippen LogP contribution in [0.15, 0.2) is 24.5 Å². The number of alkyl halides is 3. The van der Waals surface area contributed by atoms with Gasteiger partial charge in [0.05, 0.1) is 22.2 Å². The molecule has 4 aliphatic rings. The molecule has 4 aliphatic carbocycles. The Hall–Kier alpha value is -3.05. The predicted molar refractivity (Wildman–Crippen MR) is 102 cm³/mol. The van der Waals surface area contributed by atoms with Gasteiger partial charge in [-0.2, -0.15) is 17.9 Å². The predicted octanol–water partition coefficient (Wildman–Crippen LogP) is 4.28. The lowest BCUT2D eigenvalue weighted by Gasteiger charge is -2.60. The molecule has 0 unspecified atom stereocenters. The molecule has 1 N–H and O–H groups in total. The Balaban J connectivity index is 1.46. The zero-order valence-corrected chi connectivity index (χ0v) is 16.7. The Kier molecular flexibility index (Phi) is 4.38. The molecule has 12 heteroatoms. The van der Waals surface area contributed by atoms with Crippen molar-refractivity contribution in [2.75, 3.05) is 5.32 Å². The summed E-state index contributed by atoms with van der Waals surface area (Å²) >= 11 is 0. The van der Waals surface area contributed by atoms with Gasteiger partial charge in [0.15, 0.2) is 0 Å². The van der Waals surface area contributed by atoms with Crippen LogP contribution >= 0.6 is 0 Å². The van der Waals surface area contributed by atoms with Crippen LogP contribution in [0.2, 0.25) is 0 Å². The minimum absolute atomic E-state index is 0.164. The quantitative estimate of drug-likeness (QED) is 0.423. The molecule has 0 aliphatic heterocycles. The zero-order chi connectivity index (χ0) is 22.9. The summed E-state index contributed by atoms with van der Waals surface area (Å²) in [5.41, 5.74) is -3.10. The second-order valence-electron chi connectivity index (χ2n) is 9.36. The van der Waals surface area contributed by atoms with Gasteiger partial charge < -0.3 is 15.4 Å². The van der Waals surface area contributed by atoms with Crippen molar-refractivity contribution in [2.45, 2.75) is 50.2 Å². The molecule has 1 heterocycles. The summed E-state index contributed by atoms with van der Waals surface area (Å²) in [7, 11) is 0. The molecule has 170 valence electrons. The second-order valence-corrected chi connectivity index (χ2v) is 9.36. The third-order valence-corrected chi connectivity index (χ3v) is 7.18. The zero-order valence-electron chi connectivity index (χ0n) is 16.7. The van der Waals surface area contributed by atoms with Gasteiger partial charge in [0, 0.05) is 5.10 Å². The number of carbonyl (C=O) groups excluding carboxylic acids is 1. The van der Waals surface area contributed by atoms with Crippen LogP contribution in [0, 0.1) is 33.2 Å². The average Bonchev–Trinajstić information content (AvgIpc) is 3.19. The van der Waals surface area contributed by atoms with E-state index in [9.17, 15) is 32.5 Å². The number of nitrogens with zero attached hydrogens (tertiary/aromatic N) is 4. The summed E-state index contributed by atoms with van der Waals surface area (Å²) in [6, 6.07) is 1.92. The van der Waals surface area contributed by atoms with Gasteiger partial charge >= 0.3 is 12.1 Å². The van der Waals surface area contributed by atoms with Crippen molar-refractivity contribution in [3.8, 4) is 0 Å². The van der Waals surface area contributed by atoms with E-state index in [1.54, 1.807) is 0 Å².